The number of nitrogens with zero attached hydrogens (tertiary/aromatic N) is 3. The van der Waals surface area contributed by atoms with Gasteiger partial charge in [-0.3, -0.25) is 5.32 Å². The molecular weight excluding hydrogens is 536 g/mol. The Kier molecular flexibility index (Phi) is 9.07. The molecule has 2 aromatic heterocycles. The van der Waals surface area contributed by atoms with Gasteiger partial charge in [-0.15, -0.1) is 0 Å². The van der Waals surface area contributed by atoms with Gasteiger partial charge < -0.3 is 15.4 Å². The van der Waals surface area contributed by atoms with Crippen LogP contribution in [-0.4, -0.2) is 41.1 Å². The van der Waals surface area contributed by atoms with Crippen molar-refractivity contribution in [3.8, 4) is 16.8 Å². The molecule has 0 spiro atoms. The van der Waals surface area contributed by atoms with Gasteiger partial charge in [-0.05, 0) is 61.0 Å². The standard InChI is InChI=1S/C35H40N6O2/c1-24-12-15-26(16-13-24)41-33(22-31(40-41)35(2,3)4)39-34(42)38-30-18-17-27(28-10-6-7-11-29(28)30)25-14-19-32(37-23-25)36-20-8-9-21-43-5/h6-7,10-19,22-23H,8-9,20-21H2,1-5H3,(H,36,37)(H2,38,39,42). The van der Waals surface area contributed by atoms with E-state index in [-0.39, 0.29) is 11.4 Å². The number of hydrogen-bond acceptors (Lipinski definition) is 5. The number of anilines is 3. The van der Waals surface area contributed by atoms with Gasteiger partial charge in [-0.2, -0.15) is 5.10 Å². The van der Waals surface area contributed by atoms with E-state index in [1.807, 2.05) is 79.9 Å². The first kappa shape index (κ1) is 29.8. The SMILES string of the molecule is COCCCCNc1ccc(-c2ccc(NC(=O)Nc3cc(C(C)(C)C)nn3-c3ccc(C)cc3)c3ccccc23)cn1. The van der Waals surface area contributed by atoms with Crippen LogP contribution in [0.25, 0.3) is 27.6 Å². The van der Waals surface area contributed by atoms with E-state index in [0.717, 1.165) is 76.3 Å². The molecule has 0 aliphatic heterocycles. The van der Waals surface area contributed by atoms with E-state index >= 15 is 0 Å². The Morgan fingerprint density at radius 1 is 0.907 bits per heavy atom. The first-order valence-electron chi connectivity index (χ1n) is 14.7. The molecule has 8 nitrogen and oxygen atoms in total. The summed E-state index contributed by atoms with van der Waals surface area (Å²) in [4.78, 5) is 18.0. The van der Waals surface area contributed by atoms with Crippen LogP contribution in [0.2, 0.25) is 0 Å². The maximum Gasteiger partial charge on any atom is 0.324 e. The zero-order chi connectivity index (χ0) is 30.4. The number of ether oxygens (including phenoxy) is 1. The highest BCUT2D eigenvalue weighted by molar-refractivity contribution is 6.09. The normalized spacial score (nSPS) is 11.5. The third kappa shape index (κ3) is 7.21. The number of benzene rings is 3. The van der Waals surface area contributed by atoms with E-state index in [0.29, 0.717) is 5.82 Å². The Morgan fingerprint density at radius 2 is 1.67 bits per heavy atom. The molecule has 0 bridgehead atoms. The van der Waals surface area contributed by atoms with Gasteiger partial charge in [-0.25, -0.2) is 14.5 Å². The summed E-state index contributed by atoms with van der Waals surface area (Å²) in [6, 6.07) is 25.8. The molecule has 0 saturated heterocycles. The lowest BCUT2D eigenvalue weighted by Crippen LogP contribution is -2.21. The Morgan fingerprint density at radius 3 is 2.37 bits per heavy atom. The minimum atomic E-state index is -0.339. The fraction of sp³-hybridized carbons (Fsp3) is 0.286. The van der Waals surface area contributed by atoms with Crippen LogP contribution in [0.5, 0.6) is 0 Å². The highest BCUT2D eigenvalue weighted by atomic mass is 16.5. The number of aromatic nitrogens is 3. The highest BCUT2D eigenvalue weighted by Gasteiger charge is 2.22. The molecule has 3 aromatic carbocycles. The predicted molar refractivity (Wildman–Crippen MR) is 176 cm³/mol. The molecular formula is C35H40N6O2. The second-order valence-corrected chi connectivity index (χ2v) is 11.8. The zero-order valence-electron chi connectivity index (χ0n) is 25.6. The first-order valence-corrected chi connectivity index (χ1v) is 14.7. The second-order valence-electron chi connectivity index (χ2n) is 11.8. The summed E-state index contributed by atoms with van der Waals surface area (Å²) >= 11 is 0. The number of nitrogens with one attached hydrogen (secondary N) is 3. The number of methoxy groups -OCH3 is 1. The van der Waals surface area contributed by atoms with E-state index in [9.17, 15) is 4.79 Å². The number of carbonyl (C=O) groups excluding carboxylic acids is 1. The maximum atomic E-state index is 13.4. The van der Waals surface area contributed by atoms with Gasteiger partial charge in [0.15, 0.2) is 0 Å². The van der Waals surface area contributed by atoms with E-state index in [2.05, 4.69) is 53.8 Å². The van der Waals surface area contributed by atoms with Crippen LogP contribution in [-0.2, 0) is 10.2 Å². The average Bonchev–Trinajstić information content (AvgIpc) is 3.42. The number of carbonyl (C=O) groups is 1. The molecule has 3 N–H and O–H groups in total. The lowest BCUT2D eigenvalue weighted by Gasteiger charge is -2.14. The van der Waals surface area contributed by atoms with E-state index in [1.54, 1.807) is 11.8 Å². The van der Waals surface area contributed by atoms with Crippen molar-refractivity contribution in [3.63, 3.8) is 0 Å². The zero-order valence-corrected chi connectivity index (χ0v) is 25.6. The molecule has 2 heterocycles. The van der Waals surface area contributed by atoms with E-state index < -0.39 is 0 Å². The third-order valence-corrected chi connectivity index (χ3v) is 7.33. The van der Waals surface area contributed by atoms with Gasteiger partial charge >= 0.3 is 6.03 Å². The summed E-state index contributed by atoms with van der Waals surface area (Å²) in [7, 11) is 1.72. The van der Waals surface area contributed by atoms with Gasteiger partial charge in [0.1, 0.15) is 11.6 Å². The van der Waals surface area contributed by atoms with Crippen molar-refractivity contribution in [2.24, 2.45) is 0 Å². The second kappa shape index (κ2) is 13.1. The van der Waals surface area contributed by atoms with Crippen LogP contribution in [0, 0.1) is 6.92 Å². The Bertz CT molecular complexity index is 1690. The van der Waals surface area contributed by atoms with Crippen molar-refractivity contribution in [3.05, 3.63) is 96.3 Å². The summed E-state index contributed by atoms with van der Waals surface area (Å²) < 4.78 is 6.90. The van der Waals surface area contributed by atoms with Crippen LogP contribution in [0.15, 0.2) is 85.1 Å². The molecule has 43 heavy (non-hydrogen) atoms. The number of amides is 2. The molecule has 0 saturated carbocycles. The maximum absolute atomic E-state index is 13.4. The van der Waals surface area contributed by atoms with E-state index in [1.165, 1.54) is 0 Å². The molecule has 0 aliphatic rings. The smallest absolute Gasteiger partial charge is 0.324 e. The number of unbranched alkanes of at least 4 members (excludes halogenated alkanes) is 1. The topological polar surface area (TPSA) is 93.1 Å². The summed E-state index contributed by atoms with van der Waals surface area (Å²) in [6.45, 7) is 9.99. The summed E-state index contributed by atoms with van der Waals surface area (Å²) in [5, 5.41) is 16.3. The first-order chi connectivity index (χ1) is 20.7. The largest absolute Gasteiger partial charge is 0.385 e. The lowest BCUT2D eigenvalue weighted by atomic mass is 9.92. The minimum Gasteiger partial charge on any atom is -0.385 e. The fourth-order valence-electron chi connectivity index (χ4n) is 4.89. The summed E-state index contributed by atoms with van der Waals surface area (Å²) in [5.41, 5.74) is 5.53. The minimum absolute atomic E-state index is 0.179. The molecule has 0 atom stereocenters. The molecule has 222 valence electrons. The van der Waals surface area contributed by atoms with Gasteiger partial charge in [0, 0.05) is 48.9 Å². The number of urea groups is 1. The van der Waals surface area contributed by atoms with Crippen LogP contribution in [0.4, 0.5) is 22.1 Å². The molecule has 0 radical (unpaired) electrons. The molecule has 0 aliphatic carbocycles. The van der Waals surface area contributed by atoms with Crippen LogP contribution < -0.4 is 16.0 Å². The number of hydrogen-bond donors (Lipinski definition) is 3. The van der Waals surface area contributed by atoms with E-state index in [4.69, 9.17) is 9.84 Å². The predicted octanol–water partition coefficient (Wildman–Crippen LogP) is 8.18. The van der Waals surface area contributed by atoms with Crippen molar-refractivity contribution in [1.29, 1.82) is 0 Å². The van der Waals surface area contributed by atoms with Crippen molar-refractivity contribution >= 4 is 34.1 Å². The molecule has 5 aromatic rings. The Hall–Kier alpha value is -4.69. The van der Waals surface area contributed by atoms with Crippen molar-refractivity contribution in [2.45, 2.75) is 46.0 Å². The molecule has 5 rings (SSSR count). The molecule has 0 unspecified atom stereocenters. The van der Waals surface area contributed by atoms with Crippen LogP contribution in [0.3, 0.4) is 0 Å². The quantitative estimate of drug-likeness (QED) is 0.146. The number of fused-ring (bicyclic) bond motifs is 1. The van der Waals surface area contributed by atoms with Gasteiger partial charge in [0.25, 0.3) is 0 Å². The van der Waals surface area contributed by atoms with Crippen LogP contribution >= 0.6 is 0 Å². The van der Waals surface area contributed by atoms with Gasteiger partial charge in [0.2, 0.25) is 0 Å². The third-order valence-electron chi connectivity index (χ3n) is 7.33. The monoisotopic (exact) mass is 576 g/mol. The van der Waals surface area contributed by atoms with Crippen molar-refractivity contribution < 1.29 is 9.53 Å². The van der Waals surface area contributed by atoms with Crippen molar-refractivity contribution in [1.82, 2.24) is 14.8 Å². The fourth-order valence-corrected chi connectivity index (χ4v) is 4.89. The number of aryl methyl sites for hydroxylation is 1. The number of pyridine rings is 1. The van der Waals surface area contributed by atoms with Crippen molar-refractivity contribution in [2.75, 3.05) is 36.2 Å². The summed E-state index contributed by atoms with van der Waals surface area (Å²) in [5.74, 6) is 1.45. The number of rotatable bonds is 10. The van der Waals surface area contributed by atoms with Crippen LogP contribution in [0.1, 0.15) is 44.9 Å². The van der Waals surface area contributed by atoms with Gasteiger partial charge in [-0.1, -0.05) is 68.8 Å². The molecule has 2 amide bonds. The Balaban J connectivity index is 1.36. The lowest BCUT2D eigenvalue weighted by molar-refractivity contribution is 0.194. The Labute approximate surface area is 253 Å². The average molecular weight is 577 g/mol. The van der Waals surface area contributed by atoms with Gasteiger partial charge in [0.05, 0.1) is 17.1 Å². The highest BCUT2D eigenvalue weighted by Crippen LogP contribution is 2.34. The summed E-state index contributed by atoms with van der Waals surface area (Å²) in [6.07, 6.45) is 3.93. The molecule has 8 heteroatoms. The molecule has 0 fully saturated rings.